The van der Waals surface area contributed by atoms with Gasteiger partial charge in [-0.2, -0.15) is 10.1 Å². The molecule has 1 aliphatic heterocycles. The summed E-state index contributed by atoms with van der Waals surface area (Å²) in [6.45, 7) is 1.79. The number of furan rings is 1. The molecule has 0 saturated carbocycles. The minimum Gasteiger partial charge on any atom is -0.467 e. The number of aromatic nitrogens is 3. The van der Waals surface area contributed by atoms with Crippen LogP contribution in [0.1, 0.15) is 30.7 Å². The number of thioether (sulfide) groups is 1. The molecule has 2 aromatic heterocycles. The van der Waals surface area contributed by atoms with Gasteiger partial charge in [0.25, 0.3) is 5.91 Å². The average molecular weight is 417 g/mol. The van der Waals surface area contributed by atoms with Crippen LogP contribution in [-0.2, 0) is 4.79 Å². The van der Waals surface area contributed by atoms with Crippen LogP contribution in [0.3, 0.4) is 0 Å². The molecule has 144 valence electrons. The van der Waals surface area contributed by atoms with Crippen LogP contribution >= 0.6 is 23.4 Å². The average Bonchev–Trinajstić information content (AvgIpc) is 3.42. The van der Waals surface area contributed by atoms with Gasteiger partial charge in [0.1, 0.15) is 11.8 Å². The highest BCUT2D eigenvalue weighted by atomic mass is 35.5. The second kappa shape index (κ2) is 7.69. The smallest absolute Gasteiger partial charge is 0.256 e. The summed E-state index contributed by atoms with van der Waals surface area (Å²) in [5.74, 6) is 0.721. The number of hydrogen-bond donors (Lipinski definition) is 2. The molecule has 0 saturated heterocycles. The molecule has 1 aromatic carbocycles. The monoisotopic (exact) mass is 416 g/mol. The summed E-state index contributed by atoms with van der Waals surface area (Å²) in [7, 11) is 0. The summed E-state index contributed by atoms with van der Waals surface area (Å²) in [6, 6.07) is 10.7. The van der Waals surface area contributed by atoms with Gasteiger partial charge in [-0.3, -0.25) is 4.79 Å². The third kappa shape index (κ3) is 3.76. The topological polar surface area (TPSA) is 113 Å². The third-order valence-corrected chi connectivity index (χ3v) is 5.50. The van der Waals surface area contributed by atoms with Crippen molar-refractivity contribution in [3.8, 4) is 0 Å². The van der Waals surface area contributed by atoms with E-state index in [0.29, 0.717) is 22.4 Å². The van der Waals surface area contributed by atoms with Crippen LogP contribution < -0.4 is 5.73 Å². The minimum absolute atomic E-state index is 0.168. The first-order valence-electron chi connectivity index (χ1n) is 8.55. The highest BCUT2D eigenvalue weighted by molar-refractivity contribution is 8.00. The van der Waals surface area contributed by atoms with Crippen molar-refractivity contribution >= 4 is 40.9 Å². The Bertz CT molecular complexity index is 1000. The molecule has 3 heterocycles. The zero-order valence-corrected chi connectivity index (χ0v) is 16.4. The van der Waals surface area contributed by atoms with Crippen LogP contribution in [0.5, 0.6) is 0 Å². The lowest BCUT2D eigenvalue weighted by Crippen LogP contribution is -2.33. The summed E-state index contributed by atoms with van der Waals surface area (Å²) < 4.78 is 5.56. The summed E-state index contributed by atoms with van der Waals surface area (Å²) >= 11 is 7.20. The van der Waals surface area contributed by atoms with Gasteiger partial charge in [-0.25, -0.2) is 10.1 Å². The van der Waals surface area contributed by atoms with Gasteiger partial charge in [0.2, 0.25) is 11.1 Å². The summed E-state index contributed by atoms with van der Waals surface area (Å²) in [5, 5.41) is 13.2. The number of carbonyl (C=O) groups is 1. The van der Waals surface area contributed by atoms with E-state index in [1.165, 1.54) is 16.8 Å². The third-order valence-electron chi connectivity index (χ3n) is 4.30. The van der Waals surface area contributed by atoms with Crippen molar-refractivity contribution in [3.63, 3.8) is 0 Å². The van der Waals surface area contributed by atoms with Crippen molar-refractivity contribution in [1.29, 1.82) is 0 Å². The van der Waals surface area contributed by atoms with Gasteiger partial charge in [-0.1, -0.05) is 35.5 Å². The predicted octanol–water partition coefficient (Wildman–Crippen LogP) is 3.49. The second-order valence-corrected chi connectivity index (χ2v) is 7.98. The number of hydrazone groups is 1. The molecule has 28 heavy (non-hydrogen) atoms. The molecule has 2 atom stereocenters. The number of nitrogens with zero attached hydrogens (tertiary/aromatic N) is 4. The van der Waals surface area contributed by atoms with Gasteiger partial charge in [0, 0.05) is 11.4 Å². The highest BCUT2D eigenvalue weighted by Crippen LogP contribution is 2.35. The molecule has 10 heteroatoms. The number of nitrogen functional groups attached to an aromatic ring is 1. The van der Waals surface area contributed by atoms with Crippen molar-refractivity contribution in [2.24, 2.45) is 5.10 Å². The first-order valence-corrected chi connectivity index (χ1v) is 9.81. The number of nitrogens with one attached hydrogen (secondary N) is 1. The zero-order chi connectivity index (χ0) is 19.7. The fraction of sp³-hybridized carbons (Fsp3) is 0.222. The molecule has 1 aliphatic rings. The van der Waals surface area contributed by atoms with Crippen molar-refractivity contribution in [2.75, 3.05) is 5.73 Å². The lowest BCUT2D eigenvalue weighted by atomic mass is 10.0. The van der Waals surface area contributed by atoms with Crippen LogP contribution in [-0.4, -0.2) is 37.1 Å². The van der Waals surface area contributed by atoms with Gasteiger partial charge in [-0.05, 0) is 36.8 Å². The number of H-pyrrole nitrogens is 1. The number of aromatic amines is 1. The summed E-state index contributed by atoms with van der Waals surface area (Å²) in [4.78, 5) is 17.2. The van der Waals surface area contributed by atoms with E-state index in [4.69, 9.17) is 21.8 Å². The fourth-order valence-corrected chi connectivity index (χ4v) is 3.84. The van der Waals surface area contributed by atoms with Gasteiger partial charge in [-0.15, -0.1) is 5.10 Å². The number of amides is 1. The molecule has 3 N–H and O–H groups in total. The Morgan fingerprint density at radius 3 is 2.82 bits per heavy atom. The van der Waals surface area contributed by atoms with E-state index in [1.807, 2.05) is 18.2 Å². The molecule has 0 radical (unpaired) electrons. The number of carbonyl (C=O) groups excluding carboxylic acids is 1. The Morgan fingerprint density at radius 2 is 2.18 bits per heavy atom. The molecule has 4 rings (SSSR count). The molecule has 3 aromatic rings. The first-order chi connectivity index (χ1) is 13.5. The second-order valence-electron chi connectivity index (χ2n) is 6.24. The van der Waals surface area contributed by atoms with Crippen molar-refractivity contribution in [1.82, 2.24) is 20.2 Å². The molecule has 0 spiro atoms. The molecular weight excluding hydrogens is 400 g/mol. The van der Waals surface area contributed by atoms with Crippen LogP contribution in [0.2, 0.25) is 5.02 Å². The molecule has 0 unspecified atom stereocenters. The van der Waals surface area contributed by atoms with E-state index in [-0.39, 0.29) is 17.9 Å². The first kappa shape index (κ1) is 18.6. The molecule has 8 nitrogen and oxygen atoms in total. The lowest BCUT2D eigenvalue weighted by Gasteiger charge is -2.22. The van der Waals surface area contributed by atoms with Crippen molar-refractivity contribution in [2.45, 2.75) is 29.8 Å². The van der Waals surface area contributed by atoms with E-state index in [0.717, 1.165) is 11.3 Å². The number of nitrogens with two attached hydrogens (primary N) is 1. The van der Waals surface area contributed by atoms with Gasteiger partial charge >= 0.3 is 0 Å². The van der Waals surface area contributed by atoms with E-state index in [2.05, 4.69) is 20.3 Å². The van der Waals surface area contributed by atoms with Crippen LogP contribution in [0.25, 0.3) is 0 Å². The fourth-order valence-electron chi connectivity index (χ4n) is 2.94. The maximum Gasteiger partial charge on any atom is 0.256 e. The quantitative estimate of drug-likeness (QED) is 0.615. The van der Waals surface area contributed by atoms with E-state index in [1.54, 1.807) is 31.4 Å². The van der Waals surface area contributed by atoms with Crippen molar-refractivity contribution < 1.29 is 9.21 Å². The Morgan fingerprint density at radius 1 is 1.39 bits per heavy atom. The van der Waals surface area contributed by atoms with E-state index in [9.17, 15) is 4.79 Å². The largest absolute Gasteiger partial charge is 0.467 e. The molecule has 0 bridgehead atoms. The van der Waals surface area contributed by atoms with Gasteiger partial charge in [0.05, 0.1) is 17.2 Å². The number of rotatable bonds is 5. The molecule has 1 amide bonds. The van der Waals surface area contributed by atoms with Crippen LogP contribution in [0.15, 0.2) is 57.3 Å². The number of anilines is 1. The minimum atomic E-state index is -0.457. The standard InChI is InChI=1S/C18H17ClN6O2S/c1-10(28-18-21-17(20)22-23-18)16(26)25-14(15-3-2-8-27-15)9-13(24-25)11-4-6-12(19)7-5-11/h2-8,10,14H,9H2,1H3,(H3,20,21,22,23)/t10-,14-/m1/s1. The van der Waals surface area contributed by atoms with Crippen LogP contribution in [0, 0.1) is 0 Å². The highest BCUT2D eigenvalue weighted by Gasteiger charge is 2.37. The number of halogens is 1. The maximum atomic E-state index is 13.1. The normalized spacial score (nSPS) is 17.6. The molecule has 0 aliphatic carbocycles. The number of benzene rings is 1. The molecule has 0 fully saturated rings. The zero-order valence-electron chi connectivity index (χ0n) is 14.9. The van der Waals surface area contributed by atoms with Gasteiger partial charge < -0.3 is 10.2 Å². The summed E-state index contributed by atoms with van der Waals surface area (Å²) in [5.41, 5.74) is 7.26. The maximum absolute atomic E-state index is 13.1. The van der Waals surface area contributed by atoms with Gasteiger partial charge in [0.15, 0.2) is 0 Å². The van der Waals surface area contributed by atoms with E-state index < -0.39 is 5.25 Å². The predicted molar refractivity (Wildman–Crippen MR) is 107 cm³/mol. The Kier molecular flexibility index (Phi) is 5.10. The SMILES string of the molecule is C[C@@H](Sc1n[nH]c(N)n1)C(=O)N1N=C(c2ccc(Cl)cc2)C[C@@H]1c1ccco1. The Labute approximate surface area is 170 Å². The molecular formula is C18H17ClN6O2S. The Balaban J connectivity index is 1.60. The lowest BCUT2D eigenvalue weighted by molar-refractivity contribution is -0.132. The number of hydrogen-bond acceptors (Lipinski definition) is 7. The van der Waals surface area contributed by atoms with E-state index >= 15 is 0 Å². The Hall–Kier alpha value is -2.78. The van der Waals surface area contributed by atoms with Crippen molar-refractivity contribution in [3.05, 3.63) is 59.0 Å². The van der Waals surface area contributed by atoms with Crippen LogP contribution in [0.4, 0.5) is 5.95 Å². The summed E-state index contributed by atoms with van der Waals surface area (Å²) in [6.07, 6.45) is 2.14.